The molecule has 4 heteroatoms. The van der Waals surface area contributed by atoms with Gasteiger partial charge in [0.15, 0.2) is 0 Å². The number of hydrogen-bond donors (Lipinski definition) is 2. The van der Waals surface area contributed by atoms with Gasteiger partial charge in [0.1, 0.15) is 12.1 Å². The second-order valence-corrected chi connectivity index (χ2v) is 3.91. The molecule has 2 rings (SSSR count). The molecule has 2 aromatic heterocycles. The van der Waals surface area contributed by atoms with Crippen molar-refractivity contribution >= 4 is 5.82 Å². The summed E-state index contributed by atoms with van der Waals surface area (Å²) in [5.74, 6) is 0.953. The fourth-order valence-corrected chi connectivity index (χ4v) is 1.85. The largest absolute Gasteiger partial charge is 0.370 e. The van der Waals surface area contributed by atoms with Gasteiger partial charge in [-0.25, -0.2) is 9.97 Å². The fraction of sp³-hybridized carbons (Fsp3) is 0.385. The van der Waals surface area contributed by atoms with Gasteiger partial charge in [-0.2, -0.15) is 0 Å². The summed E-state index contributed by atoms with van der Waals surface area (Å²) in [5.41, 5.74) is 3.21. The maximum atomic E-state index is 4.38. The van der Waals surface area contributed by atoms with E-state index >= 15 is 0 Å². The third kappa shape index (κ3) is 2.46. The lowest BCUT2D eigenvalue weighted by Gasteiger charge is -2.11. The zero-order valence-corrected chi connectivity index (χ0v) is 10.3. The van der Waals surface area contributed by atoms with Crippen molar-refractivity contribution in [3.05, 3.63) is 30.2 Å². The first-order chi connectivity index (χ1) is 8.36. The quantitative estimate of drug-likeness (QED) is 0.830. The van der Waals surface area contributed by atoms with Crippen LogP contribution in [0.5, 0.6) is 0 Å². The van der Waals surface area contributed by atoms with Crippen LogP contribution in [0, 0.1) is 0 Å². The fourth-order valence-electron chi connectivity index (χ4n) is 1.85. The highest BCUT2D eigenvalue weighted by atomic mass is 15.0. The first kappa shape index (κ1) is 11.6. The van der Waals surface area contributed by atoms with Crippen LogP contribution < -0.4 is 5.32 Å². The van der Waals surface area contributed by atoms with Crippen LogP contribution in [0.25, 0.3) is 11.4 Å². The monoisotopic (exact) mass is 230 g/mol. The molecule has 0 saturated carbocycles. The van der Waals surface area contributed by atoms with E-state index in [0.29, 0.717) is 0 Å². The molecule has 0 fully saturated rings. The molecule has 0 amide bonds. The lowest BCUT2D eigenvalue weighted by molar-refractivity contribution is 0.949. The van der Waals surface area contributed by atoms with E-state index in [1.165, 1.54) is 5.56 Å². The molecule has 2 aromatic rings. The van der Waals surface area contributed by atoms with E-state index in [4.69, 9.17) is 0 Å². The smallest absolute Gasteiger partial charge is 0.133 e. The maximum absolute atomic E-state index is 4.38. The molecule has 0 saturated heterocycles. The van der Waals surface area contributed by atoms with Crippen molar-refractivity contribution in [3.8, 4) is 11.4 Å². The van der Waals surface area contributed by atoms with Gasteiger partial charge in [0.05, 0.1) is 11.4 Å². The first-order valence-corrected chi connectivity index (χ1v) is 6.08. The number of anilines is 1. The highest BCUT2D eigenvalue weighted by Gasteiger charge is 2.11. The zero-order chi connectivity index (χ0) is 12.1. The molecule has 0 aliphatic heterocycles. The molecule has 90 valence electrons. The SMILES string of the molecule is CCCNc1ncnc(-c2ccc[nH]2)c1CC. The number of nitrogens with zero attached hydrogens (tertiary/aromatic N) is 2. The predicted octanol–water partition coefficient (Wildman–Crippen LogP) is 2.86. The Morgan fingerprint density at radius 3 is 2.82 bits per heavy atom. The van der Waals surface area contributed by atoms with Crippen molar-refractivity contribution in [2.45, 2.75) is 26.7 Å². The van der Waals surface area contributed by atoms with Crippen LogP contribution in [0.15, 0.2) is 24.7 Å². The van der Waals surface area contributed by atoms with Gasteiger partial charge in [-0.15, -0.1) is 0 Å². The molecule has 0 spiro atoms. The number of nitrogens with one attached hydrogen (secondary N) is 2. The van der Waals surface area contributed by atoms with Gasteiger partial charge in [0.2, 0.25) is 0 Å². The van der Waals surface area contributed by atoms with Gasteiger partial charge in [0, 0.05) is 18.3 Å². The topological polar surface area (TPSA) is 53.6 Å². The van der Waals surface area contributed by atoms with Crippen molar-refractivity contribution in [2.75, 3.05) is 11.9 Å². The van der Waals surface area contributed by atoms with Crippen LogP contribution in [0.3, 0.4) is 0 Å². The Hall–Kier alpha value is -1.84. The summed E-state index contributed by atoms with van der Waals surface area (Å²) in [4.78, 5) is 11.9. The summed E-state index contributed by atoms with van der Waals surface area (Å²) in [7, 11) is 0. The number of hydrogen-bond acceptors (Lipinski definition) is 3. The van der Waals surface area contributed by atoms with Crippen LogP contribution >= 0.6 is 0 Å². The van der Waals surface area contributed by atoms with Crippen molar-refractivity contribution in [2.24, 2.45) is 0 Å². The van der Waals surface area contributed by atoms with Gasteiger partial charge in [-0.05, 0) is 25.0 Å². The molecular weight excluding hydrogens is 212 g/mol. The predicted molar refractivity (Wildman–Crippen MR) is 70.0 cm³/mol. The number of H-pyrrole nitrogens is 1. The molecule has 0 unspecified atom stereocenters. The van der Waals surface area contributed by atoms with Gasteiger partial charge in [0.25, 0.3) is 0 Å². The van der Waals surface area contributed by atoms with Gasteiger partial charge >= 0.3 is 0 Å². The van der Waals surface area contributed by atoms with Crippen LogP contribution in [-0.2, 0) is 6.42 Å². The molecular formula is C13H18N4. The minimum absolute atomic E-state index is 0.918. The summed E-state index contributed by atoms with van der Waals surface area (Å²) in [6, 6.07) is 4.02. The molecule has 0 aliphatic rings. The third-order valence-corrected chi connectivity index (χ3v) is 2.69. The normalized spacial score (nSPS) is 10.5. The standard InChI is InChI=1S/C13H18N4/c1-3-7-15-13-10(4-2)12(16-9-17-13)11-6-5-8-14-11/h5-6,8-9,14H,3-4,7H2,1-2H3,(H,15,16,17). The molecule has 0 atom stereocenters. The van der Waals surface area contributed by atoms with Crippen molar-refractivity contribution in [1.82, 2.24) is 15.0 Å². The van der Waals surface area contributed by atoms with Crippen LogP contribution in [0.2, 0.25) is 0 Å². The molecule has 0 aliphatic carbocycles. The highest BCUT2D eigenvalue weighted by Crippen LogP contribution is 2.24. The number of rotatable bonds is 5. The number of aromatic nitrogens is 3. The van der Waals surface area contributed by atoms with Crippen molar-refractivity contribution in [1.29, 1.82) is 0 Å². The Balaban J connectivity index is 2.39. The molecule has 4 nitrogen and oxygen atoms in total. The van der Waals surface area contributed by atoms with Gasteiger partial charge in [-0.3, -0.25) is 0 Å². The first-order valence-electron chi connectivity index (χ1n) is 6.08. The molecule has 2 N–H and O–H groups in total. The van der Waals surface area contributed by atoms with Crippen LogP contribution in [-0.4, -0.2) is 21.5 Å². The van der Waals surface area contributed by atoms with E-state index in [2.05, 4.69) is 34.1 Å². The zero-order valence-electron chi connectivity index (χ0n) is 10.3. The summed E-state index contributed by atoms with van der Waals surface area (Å²) in [5, 5.41) is 3.35. The highest BCUT2D eigenvalue weighted by molar-refractivity contribution is 5.65. The average Bonchev–Trinajstić information content (AvgIpc) is 2.89. The third-order valence-electron chi connectivity index (χ3n) is 2.69. The summed E-state index contributed by atoms with van der Waals surface area (Å²) < 4.78 is 0. The molecule has 0 radical (unpaired) electrons. The maximum Gasteiger partial charge on any atom is 0.133 e. The van der Waals surface area contributed by atoms with E-state index < -0.39 is 0 Å². The average molecular weight is 230 g/mol. The van der Waals surface area contributed by atoms with E-state index in [-0.39, 0.29) is 0 Å². The molecule has 0 bridgehead atoms. The minimum Gasteiger partial charge on any atom is -0.370 e. The minimum atomic E-state index is 0.918. The molecule has 17 heavy (non-hydrogen) atoms. The molecule has 0 aromatic carbocycles. The number of aromatic amines is 1. The van der Waals surface area contributed by atoms with Gasteiger partial charge in [-0.1, -0.05) is 13.8 Å². The summed E-state index contributed by atoms with van der Waals surface area (Å²) in [6.07, 6.45) is 5.54. The lowest BCUT2D eigenvalue weighted by Crippen LogP contribution is -2.07. The Bertz CT molecular complexity index is 462. The second kappa shape index (κ2) is 5.48. The van der Waals surface area contributed by atoms with E-state index in [1.807, 2.05) is 18.3 Å². The van der Waals surface area contributed by atoms with Gasteiger partial charge < -0.3 is 10.3 Å². The van der Waals surface area contributed by atoms with Crippen molar-refractivity contribution < 1.29 is 0 Å². The van der Waals surface area contributed by atoms with Crippen molar-refractivity contribution in [3.63, 3.8) is 0 Å². The van der Waals surface area contributed by atoms with E-state index in [1.54, 1.807) is 6.33 Å². The van der Waals surface area contributed by atoms with E-state index in [9.17, 15) is 0 Å². The van der Waals surface area contributed by atoms with Crippen LogP contribution in [0.4, 0.5) is 5.82 Å². The lowest BCUT2D eigenvalue weighted by atomic mass is 10.1. The Morgan fingerprint density at radius 1 is 1.29 bits per heavy atom. The van der Waals surface area contributed by atoms with Crippen LogP contribution in [0.1, 0.15) is 25.8 Å². The Labute approximate surface area is 102 Å². The second-order valence-electron chi connectivity index (χ2n) is 3.91. The molecule has 2 heterocycles. The Morgan fingerprint density at radius 2 is 2.18 bits per heavy atom. The van der Waals surface area contributed by atoms with E-state index in [0.717, 1.165) is 36.6 Å². The summed E-state index contributed by atoms with van der Waals surface area (Å²) >= 11 is 0. The summed E-state index contributed by atoms with van der Waals surface area (Å²) in [6.45, 7) is 5.21. The Kier molecular flexibility index (Phi) is 3.75.